The lowest BCUT2D eigenvalue weighted by atomic mass is 10.2. The minimum absolute atomic E-state index is 0.466. The van der Waals surface area contributed by atoms with Gasteiger partial charge in [-0.3, -0.25) is 14.8 Å². The summed E-state index contributed by atoms with van der Waals surface area (Å²) in [6.45, 7) is 2.41. The first kappa shape index (κ1) is 18.8. The van der Waals surface area contributed by atoms with Crippen LogP contribution in [0.4, 0.5) is 0 Å². The Labute approximate surface area is 171 Å². The number of thiazole rings is 1. The lowest BCUT2D eigenvalue weighted by Gasteiger charge is -2.13. The number of carbonyl (C=O) groups is 1. The molecule has 0 aliphatic carbocycles. The molecule has 3 heterocycles. The van der Waals surface area contributed by atoms with Gasteiger partial charge in [-0.15, -0.1) is 11.3 Å². The van der Waals surface area contributed by atoms with E-state index in [0.717, 1.165) is 33.4 Å². The number of carbonyl (C=O) groups excluding carboxylic acids is 1. The maximum absolute atomic E-state index is 12.0. The van der Waals surface area contributed by atoms with Crippen LogP contribution < -0.4 is 10.5 Å². The van der Waals surface area contributed by atoms with Gasteiger partial charge in [0.1, 0.15) is 16.5 Å². The van der Waals surface area contributed by atoms with Gasteiger partial charge in [0, 0.05) is 29.0 Å². The zero-order chi connectivity index (χ0) is 20.4. The molecule has 7 nitrogen and oxygen atoms in total. The van der Waals surface area contributed by atoms with Crippen molar-refractivity contribution in [2.45, 2.75) is 13.5 Å². The number of primary amides is 1. The fourth-order valence-electron chi connectivity index (χ4n) is 3.23. The van der Waals surface area contributed by atoms with Crippen molar-refractivity contribution in [3.8, 4) is 27.8 Å². The van der Waals surface area contributed by atoms with Gasteiger partial charge in [0.05, 0.1) is 36.8 Å². The molecule has 0 radical (unpaired) electrons. The fourth-order valence-corrected chi connectivity index (χ4v) is 4.01. The molecule has 0 unspecified atom stereocenters. The molecule has 0 saturated carbocycles. The number of nitrogens with zero attached hydrogens (tertiary/aromatic N) is 4. The summed E-state index contributed by atoms with van der Waals surface area (Å²) in [5.41, 5.74) is 10.1. The zero-order valence-corrected chi connectivity index (χ0v) is 16.8. The predicted molar refractivity (Wildman–Crippen MR) is 112 cm³/mol. The third kappa shape index (κ3) is 3.62. The summed E-state index contributed by atoms with van der Waals surface area (Å²) in [6, 6.07) is 9.59. The van der Waals surface area contributed by atoms with Crippen LogP contribution in [0.2, 0.25) is 0 Å². The van der Waals surface area contributed by atoms with Crippen molar-refractivity contribution < 1.29 is 9.53 Å². The van der Waals surface area contributed by atoms with Gasteiger partial charge in [-0.1, -0.05) is 18.2 Å². The van der Waals surface area contributed by atoms with Gasteiger partial charge in [-0.2, -0.15) is 0 Å². The summed E-state index contributed by atoms with van der Waals surface area (Å²) in [5, 5.41) is 2.71. The maximum atomic E-state index is 12.0. The van der Waals surface area contributed by atoms with Crippen molar-refractivity contribution >= 4 is 17.2 Å². The molecule has 2 N–H and O–H groups in total. The molecule has 0 spiro atoms. The topological polar surface area (TPSA) is 95.9 Å². The number of benzene rings is 1. The molecule has 29 heavy (non-hydrogen) atoms. The molecule has 4 aromatic rings. The lowest BCUT2D eigenvalue weighted by molar-refractivity contribution is 0.0999. The predicted octanol–water partition coefficient (Wildman–Crippen LogP) is 3.53. The second-order valence-corrected chi connectivity index (χ2v) is 7.28. The molecule has 3 aromatic heterocycles. The first-order valence-corrected chi connectivity index (χ1v) is 9.80. The number of hydrogen-bond donors (Lipinski definition) is 1. The molecule has 1 aromatic carbocycles. The minimum atomic E-state index is -0.466. The van der Waals surface area contributed by atoms with E-state index in [1.165, 1.54) is 11.3 Å². The summed E-state index contributed by atoms with van der Waals surface area (Å²) >= 11 is 1.48. The van der Waals surface area contributed by atoms with Gasteiger partial charge in [-0.25, -0.2) is 4.98 Å². The van der Waals surface area contributed by atoms with E-state index in [1.54, 1.807) is 31.8 Å². The van der Waals surface area contributed by atoms with Crippen LogP contribution in [0.3, 0.4) is 0 Å². The Hall–Kier alpha value is -3.52. The second-order valence-electron chi connectivity index (χ2n) is 6.42. The number of ether oxygens (including phenoxy) is 1. The molecule has 0 aliphatic heterocycles. The van der Waals surface area contributed by atoms with Crippen LogP contribution in [-0.4, -0.2) is 32.5 Å². The van der Waals surface area contributed by atoms with Crippen molar-refractivity contribution in [2.24, 2.45) is 5.73 Å². The highest BCUT2D eigenvalue weighted by atomic mass is 32.1. The number of nitrogens with two attached hydrogens (primary N) is 1. The number of hydrogen-bond acceptors (Lipinski definition) is 6. The smallest absolute Gasteiger partial charge is 0.250 e. The fraction of sp³-hybridized carbons (Fsp3) is 0.143. The van der Waals surface area contributed by atoms with Crippen LogP contribution in [-0.2, 0) is 6.54 Å². The Morgan fingerprint density at radius 3 is 2.79 bits per heavy atom. The third-order valence-electron chi connectivity index (χ3n) is 4.70. The van der Waals surface area contributed by atoms with Gasteiger partial charge in [0.25, 0.3) is 5.91 Å². The van der Waals surface area contributed by atoms with Gasteiger partial charge < -0.3 is 15.0 Å². The van der Waals surface area contributed by atoms with E-state index in [-0.39, 0.29) is 0 Å². The average molecular weight is 405 g/mol. The lowest BCUT2D eigenvalue weighted by Crippen LogP contribution is -2.13. The molecule has 0 atom stereocenters. The monoisotopic (exact) mass is 405 g/mol. The van der Waals surface area contributed by atoms with E-state index >= 15 is 0 Å². The van der Waals surface area contributed by atoms with Crippen molar-refractivity contribution in [3.05, 3.63) is 71.1 Å². The summed E-state index contributed by atoms with van der Waals surface area (Å²) in [6.07, 6.45) is 4.94. The standard InChI is InChI=1S/C21H19N5O2S/c1-13-15(20(22)27)9-18(26(13)11-14-5-3-4-6-19(14)28-2)17-12-29-21(25-17)16-10-23-7-8-24-16/h3-10,12H,11H2,1-2H3,(H2,22,27). The van der Waals surface area contributed by atoms with Gasteiger partial charge in [0.15, 0.2) is 0 Å². The largest absolute Gasteiger partial charge is 0.496 e. The molecule has 0 fully saturated rings. The summed E-state index contributed by atoms with van der Waals surface area (Å²) in [4.78, 5) is 25.1. The average Bonchev–Trinajstić information content (AvgIpc) is 3.35. The molecule has 0 aliphatic rings. The molecule has 1 amide bonds. The highest BCUT2D eigenvalue weighted by Gasteiger charge is 2.20. The third-order valence-corrected chi connectivity index (χ3v) is 5.57. The normalized spacial score (nSPS) is 10.8. The molecule has 146 valence electrons. The zero-order valence-electron chi connectivity index (χ0n) is 16.0. The Morgan fingerprint density at radius 2 is 2.07 bits per heavy atom. The van der Waals surface area contributed by atoms with E-state index in [2.05, 4.69) is 9.97 Å². The Bertz CT molecular complexity index is 1170. The molecule has 0 bridgehead atoms. The molecule has 4 rings (SSSR count). The highest BCUT2D eigenvalue weighted by molar-refractivity contribution is 7.13. The molecular weight excluding hydrogens is 386 g/mol. The summed E-state index contributed by atoms with van der Waals surface area (Å²) in [7, 11) is 1.64. The van der Waals surface area contributed by atoms with Crippen LogP contribution >= 0.6 is 11.3 Å². The Morgan fingerprint density at radius 1 is 1.24 bits per heavy atom. The van der Waals surface area contributed by atoms with Crippen LogP contribution in [0.5, 0.6) is 5.75 Å². The minimum Gasteiger partial charge on any atom is -0.496 e. The van der Waals surface area contributed by atoms with Gasteiger partial charge in [0.2, 0.25) is 0 Å². The first-order chi connectivity index (χ1) is 14.1. The maximum Gasteiger partial charge on any atom is 0.250 e. The van der Waals surface area contributed by atoms with Crippen LogP contribution in [0.15, 0.2) is 54.3 Å². The van der Waals surface area contributed by atoms with Crippen molar-refractivity contribution in [2.75, 3.05) is 7.11 Å². The van der Waals surface area contributed by atoms with E-state index in [9.17, 15) is 4.79 Å². The number of methoxy groups -OCH3 is 1. The highest BCUT2D eigenvalue weighted by Crippen LogP contribution is 2.32. The Kier molecular flexibility index (Phi) is 5.09. The second kappa shape index (κ2) is 7.84. The molecule has 0 saturated heterocycles. The van der Waals surface area contributed by atoms with Gasteiger partial charge in [-0.05, 0) is 19.1 Å². The number of para-hydroxylation sites is 1. The SMILES string of the molecule is COc1ccccc1Cn1c(-c2csc(-c3cnccn3)n2)cc(C(N)=O)c1C. The van der Waals surface area contributed by atoms with Crippen molar-refractivity contribution in [1.29, 1.82) is 0 Å². The number of aromatic nitrogens is 4. The van der Waals surface area contributed by atoms with Crippen LogP contribution in [0, 0.1) is 6.92 Å². The van der Waals surface area contributed by atoms with Crippen LogP contribution in [0.25, 0.3) is 22.1 Å². The van der Waals surface area contributed by atoms with E-state index in [1.807, 2.05) is 41.1 Å². The van der Waals surface area contributed by atoms with Crippen LogP contribution in [0.1, 0.15) is 21.6 Å². The van der Waals surface area contributed by atoms with Gasteiger partial charge >= 0.3 is 0 Å². The number of rotatable bonds is 6. The molecular formula is C21H19N5O2S. The summed E-state index contributed by atoms with van der Waals surface area (Å²) in [5.74, 6) is 0.317. The Balaban J connectivity index is 1.80. The quantitative estimate of drug-likeness (QED) is 0.529. The number of amides is 1. The first-order valence-electron chi connectivity index (χ1n) is 8.92. The van der Waals surface area contributed by atoms with Crippen molar-refractivity contribution in [3.63, 3.8) is 0 Å². The van der Waals surface area contributed by atoms with Crippen molar-refractivity contribution in [1.82, 2.24) is 19.5 Å². The van der Waals surface area contributed by atoms with E-state index in [0.29, 0.717) is 17.8 Å². The summed E-state index contributed by atoms with van der Waals surface area (Å²) < 4.78 is 7.52. The molecule has 8 heteroatoms. The van der Waals surface area contributed by atoms with E-state index in [4.69, 9.17) is 15.5 Å². The van der Waals surface area contributed by atoms with E-state index < -0.39 is 5.91 Å².